The van der Waals surface area contributed by atoms with E-state index >= 15 is 0 Å². The van der Waals surface area contributed by atoms with Crippen molar-refractivity contribution in [2.45, 2.75) is 153 Å². The quantitative estimate of drug-likeness (QED) is 0.0201. The third-order valence-corrected chi connectivity index (χ3v) is 32.0. The van der Waals surface area contributed by atoms with E-state index in [1.54, 1.807) is 0 Å². The average molecular weight is 1590 g/mol. The number of alkyl halides is 9. The van der Waals surface area contributed by atoms with Crippen molar-refractivity contribution in [1.29, 1.82) is 0 Å². The number of rotatable bonds is 21. The van der Waals surface area contributed by atoms with Crippen LogP contribution >= 0.6 is 0 Å². The second-order valence-corrected chi connectivity index (χ2v) is 41.4. The Labute approximate surface area is 631 Å². The molecular weight excluding hydrogens is 1480 g/mol. The highest BCUT2D eigenvalue weighted by Crippen LogP contribution is 2.40. The van der Waals surface area contributed by atoms with E-state index in [2.05, 4.69) is 178 Å². The van der Waals surface area contributed by atoms with Gasteiger partial charge in [0.05, 0.1) is 97.4 Å². The SMILES string of the molecule is CC(C)(C)[Si](OCC(O)CO)(c1ccccc1)c1ccccc1.CC(C)(C)[Si](OCC1COC(C(F)(F)F)OC1)(c1ccccc1)c1ccccc1.CC=O.CCC(O)CO[Si](c1ccccc1)(c1ccccc1)C(C)(C)C.O=CC1COC(C(F)(F)F)OC1.OCC(O)CO.OCC1COC(C(F)(F)F)OC1. The molecule has 3 saturated heterocycles. The predicted molar refractivity (Wildman–Crippen MR) is 401 cm³/mol. The first-order valence-electron chi connectivity index (χ1n) is 35.2. The zero-order valence-electron chi connectivity index (χ0n) is 63.1. The van der Waals surface area contributed by atoms with Gasteiger partial charge in [0.1, 0.15) is 18.7 Å². The van der Waals surface area contributed by atoms with Crippen molar-refractivity contribution in [3.63, 3.8) is 0 Å². The molecular formula is C78H109F9O18Si3. The topological polar surface area (TPSA) is 259 Å². The largest absolute Gasteiger partial charge is 0.440 e. The lowest BCUT2D eigenvalue weighted by molar-refractivity contribution is -0.335. The summed E-state index contributed by atoms with van der Waals surface area (Å²) in [6.07, 6.45) is -20.2. The highest BCUT2D eigenvalue weighted by Gasteiger charge is 2.54. The minimum absolute atomic E-state index is 0.0385. The molecule has 6 aromatic rings. The van der Waals surface area contributed by atoms with Crippen LogP contribution in [0.2, 0.25) is 15.1 Å². The summed E-state index contributed by atoms with van der Waals surface area (Å²) in [5.41, 5.74) is 0. The van der Waals surface area contributed by atoms with Gasteiger partial charge in [0.2, 0.25) is 0 Å². The number of hydrogen-bond acceptors (Lipinski definition) is 18. The summed E-state index contributed by atoms with van der Waals surface area (Å²) < 4.78 is 156. The van der Waals surface area contributed by atoms with Crippen molar-refractivity contribution in [1.82, 2.24) is 0 Å². The minimum atomic E-state index is -4.51. The van der Waals surface area contributed by atoms with Crippen LogP contribution in [0.25, 0.3) is 0 Å². The molecule has 9 rings (SSSR count). The van der Waals surface area contributed by atoms with E-state index < -0.39 is 86.6 Å². The lowest BCUT2D eigenvalue weighted by atomic mass is 10.2. The highest BCUT2D eigenvalue weighted by atomic mass is 28.4. The van der Waals surface area contributed by atoms with Crippen LogP contribution in [0.4, 0.5) is 39.5 Å². The molecule has 3 aliphatic rings. The minimum Gasteiger partial charge on any atom is -0.407 e. The molecule has 3 fully saturated rings. The van der Waals surface area contributed by atoms with Gasteiger partial charge < -0.3 is 87.0 Å². The fraction of sp³-hybridized carbons (Fsp3) is 0.513. The van der Waals surface area contributed by atoms with Crippen LogP contribution in [-0.4, -0.2) is 215 Å². The summed E-state index contributed by atoms with van der Waals surface area (Å²) in [5.74, 6) is -1.18. The Kier molecular flexibility index (Phi) is 41.1. The Morgan fingerprint density at radius 2 is 0.620 bits per heavy atom. The summed E-state index contributed by atoms with van der Waals surface area (Å²) in [7, 11) is -7.81. The number of ether oxygens (including phenoxy) is 6. The molecule has 30 heteroatoms. The molecule has 6 aromatic carbocycles. The van der Waals surface area contributed by atoms with Gasteiger partial charge in [0, 0.05) is 18.4 Å². The molecule has 0 bridgehead atoms. The second kappa shape index (κ2) is 46.1. The van der Waals surface area contributed by atoms with Crippen LogP contribution < -0.4 is 31.1 Å². The molecule has 3 aliphatic heterocycles. The number of benzene rings is 6. The zero-order valence-corrected chi connectivity index (χ0v) is 66.1. The summed E-state index contributed by atoms with van der Waals surface area (Å²) in [5, 5.41) is 68.4. The zero-order chi connectivity index (χ0) is 81.1. The van der Waals surface area contributed by atoms with Gasteiger partial charge >= 0.3 is 18.5 Å². The Hall–Kier alpha value is -5.96. The molecule has 2 atom stereocenters. The van der Waals surface area contributed by atoms with Gasteiger partial charge in [-0.3, -0.25) is 0 Å². The van der Waals surface area contributed by atoms with Crippen molar-refractivity contribution in [2.75, 3.05) is 85.9 Å². The predicted octanol–water partition coefficient (Wildman–Crippen LogP) is 9.17. The van der Waals surface area contributed by atoms with Gasteiger partial charge in [-0.25, -0.2) is 0 Å². The van der Waals surface area contributed by atoms with Crippen LogP contribution in [0, 0.1) is 17.8 Å². The van der Waals surface area contributed by atoms with Crippen LogP contribution in [0.5, 0.6) is 0 Å². The van der Waals surface area contributed by atoms with Gasteiger partial charge in [-0.1, -0.05) is 251 Å². The van der Waals surface area contributed by atoms with Crippen molar-refractivity contribution >= 4 is 68.6 Å². The Morgan fingerprint density at radius 3 is 0.824 bits per heavy atom. The molecule has 108 heavy (non-hydrogen) atoms. The normalized spacial score (nSPS) is 19.3. The van der Waals surface area contributed by atoms with Crippen LogP contribution in [0.15, 0.2) is 182 Å². The van der Waals surface area contributed by atoms with E-state index in [9.17, 15) is 54.5 Å². The maximum atomic E-state index is 12.8. The molecule has 18 nitrogen and oxygen atoms in total. The van der Waals surface area contributed by atoms with E-state index in [4.69, 9.17) is 53.1 Å². The number of aliphatic hydroxyl groups excluding tert-OH is 7. The van der Waals surface area contributed by atoms with E-state index in [0.717, 1.165) is 16.7 Å². The smallest absolute Gasteiger partial charge is 0.407 e. The first-order valence-corrected chi connectivity index (χ1v) is 41.0. The second-order valence-electron chi connectivity index (χ2n) is 28.5. The summed E-state index contributed by atoms with van der Waals surface area (Å²) in [6.45, 7) is 22.0. The van der Waals surface area contributed by atoms with Crippen molar-refractivity contribution in [2.24, 2.45) is 17.8 Å². The highest BCUT2D eigenvalue weighted by molar-refractivity contribution is 7.00. The fourth-order valence-electron chi connectivity index (χ4n) is 11.7. The van der Waals surface area contributed by atoms with Crippen LogP contribution in [0.3, 0.4) is 0 Å². The molecule has 0 spiro atoms. The molecule has 7 N–H and O–H groups in total. The number of halogens is 9. The Morgan fingerprint density at radius 1 is 0.389 bits per heavy atom. The van der Waals surface area contributed by atoms with Gasteiger partial charge in [0.15, 0.2) is 0 Å². The third-order valence-electron chi connectivity index (χ3n) is 17.0. The van der Waals surface area contributed by atoms with Crippen LogP contribution in [-0.2, 0) is 51.3 Å². The molecule has 0 aromatic heterocycles. The van der Waals surface area contributed by atoms with E-state index in [1.165, 1.54) is 27.7 Å². The number of carbonyl (C=O) groups is 2. The third kappa shape index (κ3) is 29.3. The van der Waals surface area contributed by atoms with Crippen LogP contribution in [0.1, 0.15) is 82.6 Å². The van der Waals surface area contributed by atoms with Crippen molar-refractivity contribution in [3.05, 3.63) is 182 Å². The molecule has 0 aliphatic carbocycles. The number of aldehydes is 2. The Bertz CT molecular complexity index is 3100. The van der Waals surface area contributed by atoms with Gasteiger partial charge in [-0.2, -0.15) is 39.5 Å². The summed E-state index contributed by atoms with van der Waals surface area (Å²) >= 11 is 0. The average Bonchev–Trinajstić information content (AvgIpc) is 0.758. The molecule has 0 radical (unpaired) electrons. The van der Waals surface area contributed by atoms with Crippen molar-refractivity contribution < 1.29 is 127 Å². The fourth-order valence-corrected chi connectivity index (χ4v) is 25.5. The first-order chi connectivity index (χ1) is 50.8. The number of aliphatic hydroxyl groups is 7. The van der Waals surface area contributed by atoms with Crippen molar-refractivity contribution in [3.8, 4) is 0 Å². The molecule has 3 heterocycles. The van der Waals surface area contributed by atoms with E-state index in [-0.39, 0.29) is 106 Å². The lowest BCUT2D eigenvalue weighted by Gasteiger charge is -2.44. The molecule has 0 saturated carbocycles. The lowest BCUT2D eigenvalue weighted by Crippen LogP contribution is -2.67. The number of hydrogen-bond donors (Lipinski definition) is 7. The molecule has 604 valence electrons. The number of carbonyl (C=O) groups excluding carboxylic acids is 2. The molecule has 2 unspecified atom stereocenters. The summed E-state index contributed by atoms with van der Waals surface area (Å²) in [4.78, 5) is 18.9. The maximum Gasteiger partial charge on any atom is 0.440 e. The first kappa shape index (κ1) is 96.2. The van der Waals surface area contributed by atoms with Gasteiger partial charge in [0.25, 0.3) is 43.8 Å². The van der Waals surface area contributed by atoms with Gasteiger partial charge in [-0.15, -0.1) is 0 Å². The van der Waals surface area contributed by atoms with E-state index in [1.807, 2.05) is 91.9 Å². The van der Waals surface area contributed by atoms with Gasteiger partial charge in [-0.05, 0) is 59.6 Å². The Balaban J connectivity index is 0.000000351. The standard InChI is InChI=1S/C22H27F3O3Si.C20H28O2Si.C19H26O3Si.C6H9F3O3.C6H7F3O3.C3H8O3.C2H4O/c1-21(2,3)29(18-10-6-4-7-11-18,19-12-8-5-9-13-19)28-16-17-14-26-20(27-15-17)22(23,24)25;1-5-17(21)16-22-23(20(2,3)4,18-12-8-6-9-13-18)19-14-10-7-11-15-19;1-19(2,3)23(22-15-16(21)14-20,17-10-6-4-7-11-17)18-12-8-5-9-13-18;2*7-6(8,9)5-11-2-4(1-10)3-12-5;4-1-3(6)2-5;1-2-3/h4-13,17,20H,14-16H2,1-3H3;6-15,17,21H,5,16H2,1-4H3;4-13,16,20-21H,14-15H2,1-3H3;4-5,10H,1-3H2;1,4-5H,2-3H2;3-6H,1-2H2;2H,1H3. The monoisotopic (exact) mass is 1590 g/mol. The van der Waals surface area contributed by atoms with E-state index in [0.29, 0.717) is 19.3 Å². The summed E-state index contributed by atoms with van der Waals surface area (Å²) in [6, 6.07) is 61.8. The maximum absolute atomic E-state index is 12.8. The molecule has 0 amide bonds.